The fourth-order valence-corrected chi connectivity index (χ4v) is 6.35. The lowest BCUT2D eigenvalue weighted by Crippen LogP contribution is -2.22. The Labute approximate surface area is 235 Å². The van der Waals surface area contributed by atoms with Crippen LogP contribution in [0.4, 0.5) is 15.3 Å². The monoisotopic (exact) mass is 566 g/mol. The highest BCUT2D eigenvalue weighted by Gasteiger charge is 2.29. The second-order valence-electron chi connectivity index (χ2n) is 9.62. The molecule has 39 heavy (non-hydrogen) atoms. The van der Waals surface area contributed by atoms with Gasteiger partial charge in [-0.3, -0.25) is 4.98 Å². The number of pyridine rings is 1. The van der Waals surface area contributed by atoms with Crippen LogP contribution in [0.5, 0.6) is 0 Å². The van der Waals surface area contributed by atoms with E-state index in [-0.39, 0.29) is 10.6 Å². The first-order chi connectivity index (χ1) is 18.9. The SMILES string of the molecule is CC.CC1CCN(c2ncc3c4c(c(-c5ncc(F)c6sc(N)c(C#N)c56)c(P)c3n2)COC4)C1.CCCC. The van der Waals surface area contributed by atoms with E-state index in [1.807, 2.05) is 20.0 Å². The molecule has 0 bridgehead atoms. The Hall–Kier alpha value is -2.92. The van der Waals surface area contributed by atoms with E-state index in [0.717, 1.165) is 63.7 Å². The molecule has 2 atom stereocenters. The molecule has 0 saturated carbocycles. The van der Waals surface area contributed by atoms with Crippen LogP contribution in [0.15, 0.2) is 12.4 Å². The molecule has 4 aromatic rings. The molecule has 1 fully saturated rings. The van der Waals surface area contributed by atoms with Gasteiger partial charge in [-0.2, -0.15) is 5.26 Å². The number of halogens is 1. The molecule has 3 aromatic heterocycles. The first-order valence-electron chi connectivity index (χ1n) is 13.6. The molecule has 5 heterocycles. The topological polar surface area (TPSA) is 101 Å². The molecule has 2 aliphatic rings. The highest BCUT2D eigenvalue weighted by molar-refractivity contribution is 7.29. The summed E-state index contributed by atoms with van der Waals surface area (Å²) in [4.78, 5) is 16.3. The third-order valence-electron chi connectivity index (χ3n) is 7.04. The van der Waals surface area contributed by atoms with Crippen LogP contribution in [0.2, 0.25) is 0 Å². The summed E-state index contributed by atoms with van der Waals surface area (Å²) in [5.74, 6) is 0.822. The number of anilines is 2. The summed E-state index contributed by atoms with van der Waals surface area (Å²) in [5.41, 5.74) is 10.4. The van der Waals surface area contributed by atoms with Gasteiger partial charge in [0.05, 0.1) is 40.9 Å². The van der Waals surface area contributed by atoms with E-state index in [1.165, 1.54) is 19.0 Å². The van der Waals surface area contributed by atoms with Crippen molar-refractivity contribution in [1.82, 2.24) is 15.0 Å². The Balaban J connectivity index is 0.000000541. The number of nitrogens with zero attached hydrogens (tertiary/aromatic N) is 5. The Kier molecular flexibility index (Phi) is 9.32. The van der Waals surface area contributed by atoms with Gasteiger partial charge in [-0.05, 0) is 23.5 Å². The van der Waals surface area contributed by atoms with E-state index >= 15 is 0 Å². The number of nitriles is 1. The highest BCUT2D eigenvalue weighted by atomic mass is 32.1. The van der Waals surface area contributed by atoms with Gasteiger partial charge in [0.25, 0.3) is 0 Å². The molecule has 6 rings (SSSR count). The van der Waals surface area contributed by atoms with Gasteiger partial charge >= 0.3 is 0 Å². The number of hydrogen-bond acceptors (Lipinski definition) is 8. The van der Waals surface area contributed by atoms with Crippen LogP contribution in [0.1, 0.15) is 70.6 Å². The zero-order chi connectivity index (χ0) is 28.3. The lowest BCUT2D eigenvalue weighted by Gasteiger charge is -2.19. The van der Waals surface area contributed by atoms with E-state index in [9.17, 15) is 9.65 Å². The fourth-order valence-electron chi connectivity index (χ4n) is 4.90. The second-order valence-corrected chi connectivity index (χ2v) is 11.3. The number of unbranched alkanes of at least 4 members (excludes halogenated alkanes) is 1. The van der Waals surface area contributed by atoms with Gasteiger partial charge in [0.2, 0.25) is 5.95 Å². The van der Waals surface area contributed by atoms with Crippen LogP contribution in [0.3, 0.4) is 0 Å². The summed E-state index contributed by atoms with van der Waals surface area (Å²) in [7, 11) is 2.79. The van der Waals surface area contributed by atoms with Crippen LogP contribution in [0.25, 0.3) is 32.2 Å². The van der Waals surface area contributed by atoms with Crippen molar-refractivity contribution in [2.24, 2.45) is 5.92 Å². The summed E-state index contributed by atoms with van der Waals surface area (Å²) in [5, 5.41) is 12.3. The minimum atomic E-state index is -0.487. The maximum Gasteiger partial charge on any atom is 0.225 e. The van der Waals surface area contributed by atoms with Crippen molar-refractivity contribution in [2.75, 3.05) is 23.7 Å². The van der Waals surface area contributed by atoms with E-state index in [0.29, 0.717) is 40.9 Å². The normalized spacial score (nSPS) is 15.9. The van der Waals surface area contributed by atoms with Crippen LogP contribution >= 0.6 is 20.6 Å². The average Bonchev–Trinajstić information content (AvgIpc) is 3.69. The lowest BCUT2D eigenvalue weighted by atomic mass is 9.94. The summed E-state index contributed by atoms with van der Waals surface area (Å²) < 4.78 is 20.8. The molecule has 2 N–H and O–H groups in total. The van der Waals surface area contributed by atoms with Crippen molar-refractivity contribution in [3.63, 3.8) is 0 Å². The smallest absolute Gasteiger partial charge is 0.225 e. The Morgan fingerprint density at radius 2 is 1.92 bits per heavy atom. The lowest BCUT2D eigenvalue weighted by molar-refractivity contribution is 0.135. The number of benzene rings is 1. The number of fused-ring (bicyclic) bond motifs is 4. The number of nitrogens with two attached hydrogens (primary N) is 1. The third kappa shape index (κ3) is 5.30. The van der Waals surface area contributed by atoms with Crippen molar-refractivity contribution in [3.8, 4) is 17.3 Å². The molecule has 0 amide bonds. The zero-order valence-corrected chi connectivity index (χ0v) is 25.2. The Morgan fingerprint density at radius 1 is 1.21 bits per heavy atom. The van der Waals surface area contributed by atoms with E-state index in [1.54, 1.807) is 0 Å². The maximum atomic E-state index is 14.6. The second kappa shape index (κ2) is 12.5. The number of ether oxygens (including phenoxy) is 1. The van der Waals surface area contributed by atoms with E-state index < -0.39 is 5.82 Å². The van der Waals surface area contributed by atoms with Crippen LogP contribution in [-0.4, -0.2) is 28.0 Å². The summed E-state index contributed by atoms with van der Waals surface area (Å²) in [6.45, 7) is 13.3. The van der Waals surface area contributed by atoms with Gasteiger partial charge in [-0.1, -0.05) is 47.5 Å². The average molecular weight is 567 g/mol. The summed E-state index contributed by atoms with van der Waals surface area (Å²) in [6.07, 6.45) is 6.83. The molecule has 0 spiro atoms. The molecule has 2 aliphatic heterocycles. The molecule has 206 valence electrons. The predicted molar refractivity (Wildman–Crippen MR) is 163 cm³/mol. The van der Waals surface area contributed by atoms with Crippen molar-refractivity contribution < 1.29 is 9.13 Å². The highest BCUT2D eigenvalue weighted by Crippen LogP contribution is 2.43. The third-order valence-corrected chi connectivity index (χ3v) is 8.63. The molecule has 7 nitrogen and oxygen atoms in total. The van der Waals surface area contributed by atoms with Crippen LogP contribution in [0, 0.1) is 23.1 Å². The van der Waals surface area contributed by atoms with Gasteiger partial charge in [0, 0.05) is 40.9 Å². The van der Waals surface area contributed by atoms with Crippen LogP contribution in [-0.2, 0) is 18.0 Å². The van der Waals surface area contributed by atoms with Crippen molar-refractivity contribution >= 4 is 57.8 Å². The first-order valence-corrected chi connectivity index (χ1v) is 15.0. The maximum absolute atomic E-state index is 14.6. The number of nitrogen functional groups attached to an aromatic ring is 1. The standard InChI is InChI=1S/C23H20FN6OPS.C4H10.C2H6/c1-10-2-3-30(7-10)23-28-5-12-13-8-31-9-14(13)16(20(32)18(12)29-23)19-17-11(4-25)22(26)33-21(17)15(24)6-27-19;1-3-4-2;1-2/h5-6,10H,2-3,7-9,26,32H2,1H3;3-4H2,1-2H3;1-2H3. The molecule has 2 unspecified atom stereocenters. The molecular formula is C29H36FN6OPS. The molecule has 1 aromatic carbocycles. The molecule has 0 aliphatic carbocycles. The molecule has 0 radical (unpaired) electrons. The first kappa shape index (κ1) is 29.1. The summed E-state index contributed by atoms with van der Waals surface area (Å²) >= 11 is 1.07. The number of thiophene rings is 1. The van der Waals surface area contributed by atoms with Crippen LogP contribution < -0.4 is 15.9 Å². The van der Waals surface area contributed by atoms with Gasteiger partial charge in [0.1, 0.15) is 11.1 Å². The Morgan fingerprint density at radius 3 is 2.56 bits per heavy atom. The zero-order valence-electron chi connectivity index (χ0n) is 23.3. The fraction of sp³-hybridized carbons (Fsp3) is 0.448. The largest absolute Gasteiger partial charge is 0.389 e. The van der Waals surface area contributed by atoms with Crippen molar-refractivity contribution in [1.29, 1.82) is 5.26 Å². The van der Waals surface area contributed by atoms with Gasteiger partial charge in [0.15, 0.2) is 5.82 Å². The Bertz CT molecular complexity index is 1550. The number of aromatic nitrogens is 3. The quantitative estimate of drug-likeness (QED) is 0.275. The number of rotatable bonds is 3. The van der Waals surface area contributed by atoms with Crippen molar-refractivity contribution in [3.05, 3.63) is 34.9 Å². The van der Waals surface area contributed by atoms with Gasteiger partial charge < -0.3 is 15.4 Å². The molecule has 1 saturated heterocycles. The minimum absolute atomic E-state index is 0.253. The predicted octanol–water partition coefficient (Wildman–Crippen LogP) is 6.71. The van der Waals surface area contributed by atoms with Gasteiger partial charge in [-0.25, -0.2) is 14.4 Å². The van der Waals surface area contributed by atoms with E-state index in [2.05, 4.69) is 50.9 Å². The minimum Gasteiger partial charge on any atom is -0.389 e. The van der Waals surface area contributed by atoms with E-state index in [4.69, 9.17) is 15.5 Å². The van der Waals surface area contributed by atoms with Crippen molar-refractivity contribution in [2.45, 2.75) is 67.1 Å². The molecule has 10 heteroatoms. The van der Waals surface area contributed by atoms with Gasteiger partial charge in [-0.15, -0.1) is 20.6 Å². The number of hydrogen-bond donors (Lipinski definition) is 1. The summed E-state index contributed by atoms with van der Waals surface area (Å²) in [6, 6.07) is 2.14. The molecular weight excluding hydrogens is 530 g/mol.